The highest BCUT2D eigenvalue weighted by atomic mass is 16.5. The summed E-state index contributed by atoms with van der Waals surface area (Å²) >= 11 is 0. The number of morpholine rings is 1. The van der Waals surface area contributed by atoms with E-state index in [0.29, 0.717) is 12.0 Å². The summed E-state index contributed by atoms with van der Waals surface area (Å²) < 4.78 is 5.34. The van der Waals surface area contributed by atoms with E-state index in [1.165, 1.54) is 0 Å². The summed E-state index contributed by atoms with van der Waals surface area (Å²) in [5, 5.41) is 3.37. The average molecular weight is 172 g/mol. The van der Waals surface area contributed by atoms with Crippen molar-refractivity contribution < 1.29 is 4.74 Å². The van der Waals surface area contributed by atoms with E-state index in [1.807, 2.05) is 0 Å². The first kappa shape index (κ1) is 9.96. The molecule has 2 unspecified atom stereocenters. The maximum absolute atomic E-state index is 6.01. The van der Waals surface area contributed by atoms with Crippen molar-refractivity contribution in [1.82, 2.24) is 5.32 Å². The highest BCUT2D eigenvalue weighted by Crippen LogP contribution is 2.07. The monoisotopic (exact) mass is 172 g/mol. The van der Waals surface area contributed by atoms with Crippen LogP contribution in [0.2, 0.25) is 0 Å². The number of hydrogen-bond donors (Lipinski definition) is 2. The Labute approximate surface area is 74.7 Å². The topological polar surface area (TPSA) is 47.3 Å². The molecule has 0 bridgehead atoms. The van der Waals surface area contributed by atoms with Crippen LogP contribution in [-0.4, -0.2) is 31.8 Å². The molecule has 1 rings (SSSR count). The van der Waals surface area contributed by atoms with Gasteiger partial charge < -0.3 is 15.8 Å². The van der Waals surface area contributed by atoms with Crippen LogP contribution in [0.25, 0.3) is 0 Å². The fourth-order valence-corrected chi connectivity index (χ4v) is 1.57. The first-order valence-corrected chi connectivity index (χ1v) is 4.77. The summed E-state index contributed by atoms with van der Waals surface area (Å²) in [5.41, 5.74) is 6.01. The molecule has 0 spiro atoms. The minimum atomic E-state index is 0.241. The fourth-order valence-electron chi connectivity index (χ4n) is 1.57. The van der Waals surface area contributed by atoms with Crippen LogP contribution in [0, 0.1) is 5.92 Å². The molecule has 0 radical (unpaired) electrons. The number of rotatable bonds is 3. The van der Waals surface area contributed by atoms with E-state index in [4.69, 9.17) is 10.5 Å². The zero-order valence-electron chi connectivity index (χ0n) is 8.05. The van der Waals surface area contributed by atoms with Crippen LogP contribution < -0.4 is 11.1 Å². The molecule has 2 atom stereocenters. The molecular weight excluding hydrogens is 152 g/mol. The molecule has 1 heterocycles. The smallest absolute Gasteiger partial charge is 0.0635 e. The lowest BCUT2D eigenvalue weighted by atomic mass is 9.98. The van der Waals surface area contributed by atoms with Crippen molar-refractivity contribution in [3.63, 3.8) is 0 Å². The van der Waals surface area contributed by atoms with Gasteiger partial charge in [0.25, 0.3) is 0 Å². The number of hydrogen-bond acceptors (Lipinski definition) is 3. The Kier molecular flexibility index (Phi) is 3.98. The molecule has 3 nitrogen and oxygen atoms in total. The molecule has 0 aliphatic carbocycles. The molecule has 3 N–H and O–H groups in total. The standard InChI is InChI=1S/C9H20N2O/c1-7(2)5-8(10)9-6-12-4-3-11-9/h7-9,11H,3-6,10H2,1-2H3. The maximum atomic E-state index is 6.01. The zero-order valence-corrected chi connectivity index (χ0v) is 8.05. The summed E-state index contributed by atoms with van der Waals surface area (Å²) in [7, 11) is 0. The van der Waals surface area contributed by atoms with Gasteiger partial charge in [-0.05, 0) is 12.3 Å². The lowest BCUT2D eigenvalue weighted by molar-refractivity contribution is 0.0661. The van der Waals surface area contributed by atoms with Gasteiger partial charge in [-0.15, -0.1) is 0 Å². The van der Waals surface area contributed by atoms with Crippen molar-refractivity contribution >= 4 is 0 Å². The molecule has 1 fully saturated rings. The van der Waals surface area contributed by atoms with E-state index >= 15 is 0 Å². The van der Waals surface area contributed by atoms with Crippen LogP contribution in [-0.2, 0) is 4.74 Å². The molecule has 0 amide bonds. The summed E-state index contributed by atoms with van der Waals surface area (Å²) in [6.45, 7) is 6.93. The van der Waals surface area contributed by atoms with Gasteiger partial charge in [-0.25, -0.2) is 0 Å². The SMILES string of the molecule is CC(C)CC(N)C1COCCN1. The molecule has 1 saturated heterocycles. The predicted molar refractivity (Wildman–Crippen MR) is 50.0 cm³/mol. The van der Waals surface area contributed by atoms with E-state index in [0.717, 1.165) is 26.2 Å². The Morgan fingerprint density at radius 1 is 1.58 bits per heavy atom. The van der Waals surface area contributed by atoms with E-state index < -0.39 is 0 Å². The molecule has 1 aliphatic rings. The predicted octanol–water partition coefficient (Wildman–Crippen LogP) is 0.348. The molecule has 72 valence electrons. The van der Waals surface area contributed by atoms with Gasteiger partial charge in [0.05, 0.1) is 13.2 Å². The molecule has 0 aromatic heterocycles. The van der Waals surface area contributed by atoms with Crippen LogP contribution in [0.15, 0.2) is 0 Å². The Morgan fingerprint density at radius 3 is 2.83 bits per heavy atom. The third kappa shape index (κ3) is 3.09. The van der Waals surface area contributed by atoms with Crippen molar-refractivity contribution in [2.24, 2.45) is 11.7 Å². The van der Waals surface area contributed by atoms with Crippen LogP contribution >= 0.6 is 0 Å². The second kappa shape index (κ2) is 4.80. The van der Waals surface area contributed by atoms with Crippen molar-refractivity contribution in [3.8, 4) is 0 Å². The van der Waals surface area contributed by atoms with E-state index in [-0.39, 0.29) is 6.04 Å². The minimum Gasteiger partial charge on any atom is -0.378 e. The third-order valence-electron chi connectivity index (χ3n) is 2.21. The van der Waals surface area contributed by atoms with E-state index in [1.54, 1.807) is 0 Å². The van der Waals surface area contributed by atoms with Gasteiger partial charge in [-0.3, -0.25) is 0 Å². The zero-order chi connectivity index (χ0) is 8.97. The van der Waals surface area contributed by atoms with Crippen molar-refractivity contribution in [2.75, 3.05) is 19.8 Å². The summed E-state index contributed by atoms with van der Waals surface area (Å²) in [5.74, 6) is 0.670. The molecule has 3 heteroatoms. The van der Waals surface area contributed by atoms with Crippen LogP contribution in [0.5, 0.6) is 0 Å². The Hall–Kier alpha value is -0.120. The van der Waals surface area contributed by atoms with Crippen LogP contribution in [0.1, 0.15) is 20.3 Å². The van der Waals surface area contributed by atoms with Gasteiger partial charge in [0.1, 0.15) is 0 Å². The second-order valence-electron chi connectivity index (χ2n) is 3.93. The maximum Gasteiger partial charge on any atom is 0.0635 e. The van der Waals surface area contributed by atoms with Gasteiger partial charge in [0.2, 0.25) is 0 Å². The average Bonchev–Trinajstić information content (AvgIpc) is 2.05. The van der Waals surface area contributed by atoms with E-state index in [2.05, 4.69) is 19.2 Å². The Balaban J connectivity index is 2.24. The first-order valence-electron chi connectivity index (χ1n) is 4.77. The largest absolute Gasteiger partial charge is 0.378 e. The van der Waals surface area contributed by atoms with E-state index in [9.17, 15) is 0 Å². The molecule has 0 aromatic carbocycles. The molecule has 1 aliphatic heterocycles. The molecular formula is C9H20N2O. The number of ether oxygens (including phenoxy) is 1. The highest BCUT2D eigenvalue weighted by Gasteiger charge is 2.20. The normalized spacial score (nSPS) is 27.5. The summed E-state index contributed by atoms with van der Waals surface area (Å²) in [6.07, 6.45) is 1.07. The highest BCUT2D eigenvalue weighted by molar-refractivity contribution is 4.81. The first-order chi connectivity index (χ1) is 5.70. The van der Waals surface area contributed by atoms with Crippen LogP contribution in [0.4, 0.5) is 0 Å². The Morgan fingerprint density at radius 2 is 2.33 bits per heavy atom. The van der Waals surface area contributed by atoms with Gasteiger partial charge in [0.15, 0.2) is 0 Å². The lowest BCUT2D eigenvalue weighted by Gasteiger charge is -2.29. The van der Waals surface area contributed by atoms with Gasteiger partial charge in [-0.2, -0.15) is 0 Å². The van der Waals surface area contributed by atoms with Gasteiger partial charge in [-0.1, -0.05) is 13.8 Å². The lowest BCUT2D eigenvalue weighted by Crippen LogP contribution is -2.52. The quantitative estimate of drug-likeness (QED) is 0.645. The summed E-state index contributed by atoms with van der Waals surface area (Å²) in [4.78, 5) is 0. The van der Waals surface area contributed by atoms with Crippen LogP contribution in [0.3, 0.4) is 0 Å². The molecule has 12 heavy (non-hydrogen) atoms. The van der Waals surface area contributed by atoms with Gasteiger partial charge >= 0.3 is 0 Å². The van der Waals surface area contributed by atoms with Crippen molar-refractivity contribution in [1.29, 1.82) is 0 Å². The Bertz CT molecular complexity index is 122. The summed E-state index contributed by atoms with van der Waals surface area (Å²) in [6, 6.07) is 0.603. The second-order valence-corrected chi connectivity index (χ2v) is 3.93. The number of nitrogens with two attached hydrogens (primary N) is 1. The fraction of sp³-hybridized carbons (Fsp3) is 1.00. The minimum absolute atomic E-state index is 0.241. The van der Waals surface area contributed by atoms with Crippen molar-refractivity contribution in [2.45, 2.75) is 32.4 Å². The molecule has 0 aromatic rings. The molecule has 0 saturated carbocycles. The van der Waals surface area contributed by atoms with Gasteiger partial charge in [0, 0.05) is 18.6 Å². The number of nitrogens with one attached hydrogen (secondary N) is 1. The third-order valence-corrected chi connectivity index (χ3v) is 2.21. The van der Waals surface area contributed by atoms with Crippen molar-refractivity contribution in [3.05, 3.63) is 0 Å².